The molecule has 7 heteroatoms. The molecule has 2 heterocycles. The van der Waals surface area contributed by atoms with Crippen LogP contribution < -0.4 is 19.8 Å². The molecule has 4 aromatic rings. The van der Waals surface area contributed by atoms with Crippen molar-refractivity contribution in [1.29, 1.82) is 0 Å². The summed E-state index contributed by atoms with van der Waals surface area (Å²) in [6.07, 6.45) is 0. The maximum absolute atomic E-state index is 11.4. The molecule has 0 amide bonds. The number of hydrogen-bond donors (Lipinski definition) is 0. The summed E-state index contributed by atoms with van der Waals surface area (Å²) >= 11 is 1.50. The highest BCUT2D eigenvalue weighted by Crippen LogP contribution is 2.39. The standard InChI is InChI=1S/C21H17NO5S/c1-24-17-5-3-4-16(20(17)25-2)21-22-14(12-28-21)11-26-15-8-6-13-7-9-19(23)27-18(13)10-15/h3-10,12H,11H2,1-2H3. The number of rotatable bonds is 6. The molecule has 2 aromatic heterocycles. The molecule has 0 aliphatic rings. The van der Waals surface area contributed by atoms with Crippen molar-refractivity contribution in [1.82, 2.24) is 4.98 Å². The molecule has 0 atom stereocenters. The van der Waals surface area contributed by atoms with Gasteiger partial charge in [-0.2, -0.15) is 0 Å². The van der Waals surface area contributed by atoms with Gasteiger partial charge in [0.05, 0.1) is 25.5 Å². The lowest BCUT2D eigenvalue weighted by Gasteiger charge is -2.10. The predicted octanol–water partition coefficient (Wildman–Crippen LogP) is 4.51. The summed E-state index contributed by atoms with van der Waals surface area (Å²) in [6.45, 7) is 0.297. The first kappa shape index (κ1) is 18.1. The third kappa shape index (κ3) is 3.57. The first-order chi connectivity index (χ1) is 13.7. The molecule has 0 N–H and O–H groups in total. The van der Waals surface area contributed by atoms with Crippen LogP contribution in [0.25, 0.3) is 21.5 Å². The Morgan fingerprint density at radius 3 is 2.75 bits per heavy atom. The van der Waals surface area contributed by atoms with E-state index < -0.39 is 0 Å². The van der Waals surface area contributed by atoms with Gasteiger partial charge in [-0.05, 0) is 30.3 Å². The number of aromatic nitrogens is 1. The van der Waals surface area contributed by atoms with Crippen LogP contribution >= 0.6 is 11.3 Å². The quantitative estimate of drug-likeness (QED) is 0.447. The van der Waals surface area contributed by atoms with Crippen LogP contribution in [-0.2, 0) is 6.61 Å². The Bertz CT molecular complexity index is 1180. The van der Waals surface area contributed by atoms with Crippen LogP contribution in [0.1, 0.15) is 5.69 Å². The van der Waals surface area contributed by atoms with E-state index in [9.17, 15) is 4.79 Å². The van der Waals surface area contributed by atoms with Crippen molar-refractivity contribution >= 4 is 22.3 Å². The van der Waals surface area contributed by atoms with Gasteiger partial charge in [-0.1, -0.05) is 6.07 Å². The fourth-order valence-corrected chi connectivity index (χ4v) is 3.67. The number of fused-ring (bicyclic) bond motifs is 1. The molecule has 0 bridgehead atoms. The van der Waals surface area contributed by atoms with E-state index in [0.717, 1.165) is 21.7 Å². The molecular weight excluding hydrogens is 378 g/mol. The summed E-state index contributed by atoms with van der Waals surface area (Å²) in [5.41, 5.74) is 1.76. The molecule has 0 saturated heterocycles. The van der Waals surface area contributed by atoms with Crippen molar-refractivity contribution in [3.63, 3.8) is 0 Å². The number of para-hydroxylation sites is 1. The van der Waals surface area contributed by atoms with Crippen molar-refractivity contribution in [3.8, 4) is 27.8 Å². The minimum atomic E-state index is -0.388. The van der Waals surface area contributed by atoms with Gasteiger partial charge in [0, 0.05) is 22.9 Å². The Labute approximate surface area is 164 Å². The Morgan fingerprint density at radius 2 is 1.93 bits per heavy atom. The van der Waals surface area contributed by atoms with Crippen molar-refractivity contribution < 1.29 is 18.6 Å². The van der Waals surface area contributed by atoms with Gasteiger partial charge in [0.2, 0.25) is 0 Å². The summed E-state index contributed by atoms with van der Waals surface area (Å²) in [5, 5.41) is 3.60. The van der Waals surface area contributed by atoms with Crippen LogP contribution in [0.4, 0.5) is 0 Å². The zero-order chi connectivity index (χ0) is 19.5. The number of nitrogens with zero attached hydrogens (tertiary/aromatic N) is 1. The summed E-state index contributed by atoms with van der Waals surface area (Å²) in [7, 11) is 3.21. The van der Waals surface area contributed by atoms with Gasteiger partial charge in [-0.15, -0.1) is 11.3 Å². The molecule has 4 rings (SSSR count). The van der Waals surface area contributed by atoms with Crippen LogP contribution in [-0.4, -0.2) is 19.2 Å². The first-order valence-corrected chi connectivity index (χ1v) is 9.38. The zero-order valence-corrected chi connectivity index (χ0v) is 16.1. The summed E-state index contributed by atoms with van der Waals surface area (Å²) in [5.74, 6) is 1.91. The fourth-order valence-electron chi connectivity index (χ4n) is 2.84. The molecule has 0 fully saturated rings. The molecule has 2 aromatic carbocycles. The summed E-state index contributed by atoms with van der Waals surface area (Å²) in [4.78, 5) is 16.0. The third-order valence-corrected chi connectivity index (χ3v) is 5.09. The topological polar surface area (TPSA) is 70.8 Å². The van der Waals surface area contributed by atoms with Gasteiger partial charge >= 0.3 is 5.63 Å². The zero-order valence-electron chi connectivity index (χ0n) is 15.3. The van der Waals surface area contributed by atoms with E-state index in [2.05, 4.69) is 4.98 Å². The number of ether oxygens (including phenoxy) is 3. The van der Waals surface area contributed by atoms with E-state index >= 15 is 0 Å². The Balaban J connectivity index is 1.54. The molecule has 6 nitrogen and oxygen atoms in total. The molecule has 0 spiro atoms. The molecule has 28 heavy (non-hydrogen) atoms. The maximum atomic E-state index is 11.4. The van der Waals surface area contributed by atoms with Crippen LogP contribution in [0.2, 0.25) is 0 Å². The summed E-state index contributed by atoms with van der Waals surface area (Å²) in [6, 6.07) is 14.2. The van der Waals surface area contributed by atoms with E-state index in [-0.39, 0.29) is 5.63 Å². The largest absolute Gasteiger partial charge is 0.493 e. The molecule has 0 aliphatic heterocycles. The SMILES string of the molecule is COc1cccc(-c2nc(COc3ccc4ccc(=O)oc4c3)cs2)c1OC. The Hall–Kier alpha value is -3.32. The highest BCUT2D eigenvalue weighted by Gasteiger charge is 2.14. The fraction of sp³-hybridized carbons (Fsp3) is 0.143. The highest BCUT2D eigenvalue weighted by molar-refractivity contribution is 7.13. The van der Waals surface area contributed by atoms with Gasteiger partial charge < -0.3 is 18.6 Å². The van der Waals surface area contributed by atoms with E-state index in [1.165, 1.54) is 17.4 Å². The second-order valence-electron chi connectivity index (χ2n) is 5.93. The highest BCUT2D eigenvalue weighted by atomic mass is 32.1. The first-order valence-electron chi connectivity index (χ1n) is 8.50. The van der Waals surface area contributed by atoms with Crippen LogP contribution in [0, 0.1) is 0 Å². The minimum Gasteiger partial charge on any atom is -0.493 e. The average Bonchev–Trinajstić information content (AvgIpc) is 3.20. The lowest BCUT2D eigenvalue weighted by atomic mass is 10.2. The molecule has 142 valence electrons. The Morgan fingerprint density at radius 1 is 1.07 bits per heavy atom. The monoisotopic (exact) mass is 395 g/mol. The van der Waals surface area contributed by atoms with E-state index in [0.29, 0.717) is 29.4 Å². The van der Waals surface area contributed by atoms with Gasteiger partial charge in [-0.3, -0.25) is 0 Å². The van der Waals surface area contributed by atoms with E-state index in [4.69, 9.17) is 18.6 Å². The lowest BCUT2D eigenvalue weighted by molar-refractivity contribution is 0.302. The third-order valence-electron chi connectivity index (χ3n) is 4.17. The van der Waals surface area contributed by atoms with Gasteiger partial charge in [0.15, 0.2) is 11.5 Å². The minimum absolute atomic E-state index is 0.297. The molecule has 0 aliphatic carbocycles. The van der Waals surface area contributed by atoms with E-state index in [1.54, 1.807) is 26.4 Å². The van der Waals surface area contributed by atoms with E-state index in [1.807, 2.05) is 35.7 Å². The molecule has 0 saturated carbocycles. The number of hydrogen-bond acceptors (Lipinski definition) is 7. The van der Waals surface area contributed by atoms with Crippen LogP contribution in [0.15, 0.2) is 63.1 Å². The number of benzene rings is 2. The molecule has 0 unspecified atom stereocenters. The number of thiazole rings is 1. The van der Waals surface area contributed by atoms with Crippen molar-refractivity contribution in [2.45, 2.75) is 6.61 Å². The van der Waals surface area contributed by atoms with Gasteiger partial charge in [0.1, 0.15) is 22.9 Å². The van der Waals surface area contributed by atoms with Gasteiger partial charge in [-0.25, -0.2) is 9.78 Å². The normalized spacial score (nSPS) is 10.8. The van der Waals surface area contributed by atoms with Crippen molar-refractivity contribution in [3.05, 3.63) is 70.0 Å². The number of methoxy groups -OCH3 is 2. The second-order valence-corrected chi connectivity index (χ2v) is 6.79. The summed E-state index contributed by atoms with van der Waals surface area (Å²) < 4.78 is 21.8. The van der Waals surface area contributed by atoms with Crippen LogP contribution in [0.3, 0.4) is 0 Å². The predicted molar refractivity (Wildman–Crippen MR) is 107 cm³/mol. The lowest BCUT2D eigenvalue weighted by Crippen LogP contribution is -1.98. The molecule has 0 radical (unpaired) electrons. The average molecular weight is 395 g/mol. The van der Waals surface area contributed by atoms with Crippen molar-refractivity contribution in [2.24, 2.45) is 0 Å². The smallest absolute Gasteiger partial charge is 0.336 e. The molecular formula is C21H17NO5S. The second kappa shape index (κ2) is 7.74. The van der Waals surface area contributed by atoms with Crippen LogP contribution in [0.5, 0.6) is 17.2 Å². The Kier molecular flexibility index (Phi) is 4.99. The van der Waals surface area contributed by atoms with Crippen molar-refractivity contribution in [2.75, 3.05) is 14.2 Å². The van der Waals surface area contributed by atoms with Gasteiger partial charge in [0.25, 0.3) is 0 Å². The maximum Gasteiger partial charge on any atom is 0.336 e.